The van der Waals surface area contributed by atoms with Gasteiger partial charge in [-0.15, -0.1) is 0 Å². The van der Waals surface area contributed by atoms with Crippen LogP contribution in [0.2, 0.25) is 5.02 Å². The van der Waals surface area contributed by atoms with E-state index in [1.165, 1.54) is 12.1 Å². The molecule has 5 nitrogen and oxygen atoms in total. The van der Waals surface area contributed by atoms with Gasteiger partial charge in [0, 0.05) is 11.3 Å². The zero-order valence-electron chi connectivity index (χ0n) is 14.2. The first kappa shape index (κ1) is 19.3. The fourth-order valence-electron chi connectivity index (χ4n) is 2.22. The van der Waals surface area contributed by atoms with Crippen molar-refractivity contribution in [3.63, 3.8) is 0 Å². The minimum atomic E-state index is -3.24. The van der Waals surface area contributed by atoms with Gasteiger partial charge in [0.05, 0.1) is 10.9 Å². The fourth-order valence-corrected chi connectivity index (χ4v) is 3.03. The predicted molar refractivity (Wildman–Crippen MR) is 97.7 cm³/mol. The minimum Gasteiger partial charge on any atom is -0.481 e. The molecular formula is C18H20ClNO4S. The van der Waals surface area contributed by atoms with Crippen molar-refractivity contribution in [3.05, 3.63) is 59.1 Å². The minimum absolute atomic E-state index is 0.243. The molecule has 2 atom stereocenters. The fraction of sp³-hybridized carbons (Fsp3) is 0.278. The predicted octanol–water partition coefficient (Wildman–Crippen LogP) is 3.39. The Labute approximate surface area is 152 Å². The van der Waals surface area contributed by atoms with E-state index in [9.17, 15) is 13.2 Å². The first-order chi connectivity index (χ1) is 11.7. The van der Waals surface area contributed by atoms with Crippen molar-refractivity contribution >= 4 is 27.3 Å². The van der Waals surface area contributed by atoms with E-state index in [1.54, 1.807) is 43.3 Å². The van der Waals surface area contributed by atoms with E-state index >= 15 is 0 Å². The molecule has 0 aliphatic heterocycles. The van der Waals surface area contributed by atoms with Gasteiger partial charge in [-0.05, 0) is 49.7 Å². The average Bonchev–Trinajstić information content (AvgIpc) is 2.54. The number of ether oxygens (including phenoxy) is 1. The van der Waals surface area contributed by atoms with Crippen LogP contribution in [-0.2, 0) is 14.6 Å². The maximum absolute atomic E-state index is 12.3. The number of carbonyl (C=O) groups excluding carboxylic acids is 1. The molecule has 2 rings (SSSR count). The Balaban J connectivity index is 1.99. The molecule has 0 radical (unpaired) electrons. The Bertz CT molecular complexity index is 850. The molecule has 0 saturated carbocycles. The summed E-state index contributed by atoms with van der Waals surface area (Å²) in [6.45, 7) is 3.47. The average molecular weight is 382 g/mol. The maximum Gasteiger partial charge on any atom is 0.261 e. The van der Waals surface area contributed by atoms with Crippen molar-refractivity contribution < 1.29 is 17.9 Å². The van der Waals surface area contributed by atoms with E-state index < -0.39 is 15.9 Å². The third kappa shape index (κ3) is 5.47. The van der Waals surface area contributed by atoms with E-state index in [0.717, 1.165) is 11.8 Å². The van der Waals surface area contributed by atoms with Crippen LogP contribution in [0, 0.1) is 0 Å². The van der Waals surface area contributed by atoms with E-state index in [1.807, 2.05) is 6.92 Å². The highest BCUT2D eigenvalue weighted by atomic mass is 35.5. The lowest BCUT2D eigenvalue weighted by Crippen LogP contribution is -2.37. The van der Waals surface area contributed by atoms with Crippen LogP contribution in [0.5, 0.6) is 5.75 Å². The molecule has 0 unspecified atom stereocenters. The van der Waals surface area contributed by atoms with Gasteiger partial charge in [0.2, 0.25) is 0 Å². The first-order valence-electron chi connectivity index (χ1n) is 7.69. The molecule has 1 amide bonds. The third-order valence-electron chi connectivity index (χ3n) is 3.65. The summed E-state index contributed by atoms with van der Waals surface area (Å²) >= 11 is 5.89. The standard InChI is InChI=1S/C18H20ClNO4S/c1-12(14-7-9-17(10-8-14)25(3,22)23)20-18(21)13(2)24-16-6-4-5-15(19)11-16/h4-13H,1-3H3,(H,20,21)/t12-,13+/m0/s1. The number of amides is 1. The summed E-state index contributed by atoms with van der Waals surface area (Å²) in [7, 11) is -3.24. The Morgan fingerprint density at radius 1 is 1.12 bits per heavy atom. The van der Waals surface area contributed by atoms with Gasteiger partial charge in [-0.1, -0.05) is 29.8 Å². The number of benzene rings is 2. The summed E-state index contributed by atoms with van der Waals surface area (Å²) in [4.78, 5) is 12.5. The van der Waals surface area contributed by atoms with Gasteiger partial charge in [-0.25, -0.2) is 8.42 Å². The smallest absolute Gasteiger partial charge is 0.261 e. The van der Waals surface area contributed by atoms with Gasteiger partial charge < -0.3 is 10.1 Å². The number of nitrogens with one attached hydrogen (secondary N) is 1. The number of hydrogen-bond acceptors (Lipinski definition) is 4. The third-order valence-corrected chi connectivity index (χ3v) is 5.01. The molecule has 1 N–H and O–H groups in total. The van der Waals surface area contributed by atoms with Crippen LogP contribution in [0.4, 0.5) is 0 Å². The molecule has 0 heterocycles. The highest BCUT2D eigenvalue weighted by molar-refractivity contribution is 7.90. The maximum atomic E-state index is 12.3. The van der Waals surface area contributed by atoms with Crippen molar-refractivity contribution in [2.75, 3.05) is 6.26 Å². The van der Waals surface area contributed by atoms with Gasteiger partial charge in [0.1, 0.15) is 5.75 Å². The summed E-state index contributed by atoms with van der Waals surface area (Å²) in [6, 6.07) is 13.0. The highest BCUT2D eigenvalue weighted by Crippen LogP contribution is 2.19. The summed E-state index contributed by atoms with van der Waals surface area (Å²) in [5.74, 6) is 0.236. The Morgan fingerprint density at radius 2 is 1.76 bits per heavy atom. The van der Waals surface area contributed by atoms with Crippen molar-refractivity contribution in [2.24, 2.45) is 0 Å². The van der Waals surface area contributed by atoms with Gasteiger partial charge in [-0.2, -0.15) is 0 Å². The lowest BCUT2D eigenvalue weighted by atomic mass is 10.1. The second kappa shape index (κ2) is 7.89. The van der Waals surface area contributed by atoms with Crippen molar-refractivity contribution in [2.45, 2.75) is 30.9 Å². The zero-order chi connectivity index (χ0) is 18.6. The molecule has 0 aliphatic rings. The molecule has 25 heavy (non-hydrogen) atoms. The van der Waals surface area contributed by atoms with Crippen LogP contribution in [-0.4, -0.2) is 26.7 Å². The van der Waals surface area contributed by atoms with Crippen LogP contribution in [0.25, 0.3) is 0 Å². The number of sulfone groups is 1. The number of rotatable bonds is 6. The molecule has 2 aromatic carbocycles. The van der Waals surface area contributed by atoms with Crippen LogP contribution in [0.15, 0.2) is 53.4 Å². The number of carbonyl (C=O) groups is 1. The van der Waals surface area contributed by atoms with Gasteiger partial charge in [0.15, 0.2) is 15.9 Å². The first-order valence-corrected chi connectivity index (χ1v) is 9.96. The van der Waals surface area contributed by atoms with Crippen molar-refractivity contribution in [3.8, 4) is 5.75 Å². The number of hydrogen-bond donors (Lipinski definition) is 1. The van der Waals surface area contributed by atoms with Gasteiger partial charge in [-0.3, -0.25) is 4.79 Å². The Morgan fingerprint density at radius 3 is 2.32 bits per heavy atom. The molecule has 0 aromatic heterocycles. The molecule has 7 heteroatoms. The molecule has 0 bridgehead atoms. The van der Waals surface area contributed by atoms with Crippen molar-refractivity contribution in [1.82, 2.24) is 5.32 Å². The van der Waals surface area contributed by atoms with E-state index in [-0.39, 0.29) is 16.8 Å². The molecule has 2 aromatic rings. The summed E-state index contributed by atoms with van der Waals surface area (Å²) in [5.41, 5.74) is 0.802. The monoisotopic (exact) mass is 381 g/mol. The summed E-state index contributed by atoms with van der Waals surface area (Å²) in [5, 5.41) is 3.37. The Kier molecular flexibility index (Phi) is 6.08. The van der Waals surface area contributed by atoms with Crippen LogP contribution in [0.1, 0.15) is 25.5 Å². The zero-order valence-corrected chi connectivity index (χ0v) is 15.8. The molecule has 0 fully saturated rings. The topological polar surface area (TPSA) is 72.5 Å². The molecule has 0 saturated heterocycles. The molecular weight excluding hydrogens is 362 g/mol. The van der Waals surface area contributed by atoms with E-state index in [2.05, 4.69) is 5.32 Å². The molecule has 0 spiro atoms. The van der Waals surface area contributed by atoms with Crippen LogP contribution >= 0.6 is 11.6 Å². The molecule has 0 aliphatic carbocycles. The van der Waals surface area contributed by atoms with Crippen molar-refractivity contribution in [1.29, 1.82) is 0 Å². The lowest BCUT2D eigenvalue weighted by molar-refractivity contribution is -0.127. The van der Waals surface area contributed by atoms with Crippen LogP contribution in [0.3, 0.4) is 0 Å². The lowest BCUT2D eigenvalue weighted by Gasteiger charge is -2.19. The Hall–Kier alpha value is -2.05. The normalized spacial score (nSPS) is 13.8. The summed E-state index contributed by atoms with van der Waals surface area (Å²) < 4.78 is 28.5. The highest BCUT2D eigenvalue weighted by Gasteiger charge is 2.18. The SMILES string of the molecule is C[C@H](NC(=O)[C@@H](C)Oc1cccc(Cl)c1)c1ccc(S(C)(=O)=O)cc1. The quantitative estimate of drug-likeness (QED) is 0.832. The van der Waals surface area contributed by atoms with E-state index in [0.29, 0.717) is 10.8 Å². The van der Waals surface area contributed by atoms with Crippen LogP contribution < -0.4 is 10.1 Å². The molecule has 134 valence electrons. The van der Waals surface area contributed by atoms with Gasteiger partial charge >= 0.3 is 0 Å². The second-order valence-corrected chi connectivity index (χ2v) is 8.24. The van der Waals surface area contributed by atoms with E-state index in [4.69, 9.17) is 16.3 Å². The number of halogens is 1. The second-order valence-electron chi connectivity index (χ2n) is 5.79. The largest absolute Gasteiger partial charge is 0.481 e. The van der Waals surface area contributed by atoms with Gasteiger partial charge in [0.25, 0.3) is 5.91 Å². The summed E-state index contributed by atoms with van der Waals surface area (Å²) in [6.07, 6.45) is 0.457.